The van der Waals surface area contributed by atoms with Gasteiger partial charge in [0.15, 0.2) is 0 Å². The molecule has 0 aliphatic heterocycles. The second kappa shape index (κ2) is 4.37. The third kappa shape index (κ3) is 1.97. The third-order valence-corrected chi connectivity index (χ3v) is 4.39. The smallest absolute Gasteiger partial charge is 0.223 e. The molecule has 0 N–H and O–H groups in total. The summed E-state index contributed by atoms with van der Waals surface area (Å²) in [5, 5.41) is 1.31. The number of hydrogen-bond acceptors (Lipinski definition) is 3. The van der Waals surface area contributed by atoms with Gasteiger partial charge in [-0.25, -0.2) is 9.97 Å². The fourth-order valence-electron chi connectivity index (χ4n) is 1.71. The number of nitrogens with zero attached hydrogens (tertiary/aromatic N) is 2. The van der Waals surface area contributed by atoms with E-state index < -0.39 is 0 Å². The number of fused-ring (bicyclic) bond motifs is 1. The Morgan fingerprint density at radius 1 is 1.18 bits per heavy atom. The lowest BCUT2D eigenvalue weighted by Gasteiger charge is -1.99. The first-order valence-electron chi connectivity index (χ1n) is 4.91. The summed E-state index contributed by atoms with van der Waals surface area (Å²) in [5.74, 6) is 0. The Labute approximate surface area is 115 Å². The number of aromatic nitrogens is 2. The predicted molar refractivity (Wildman–Crippen MR) is 75.6 cm³/mol. The average Bonchev–Trinajstić information content (AvgIpc) is 2.65. The van der Waals surface area contributed by atoms with E-state index in [1.165, 1.54) is 0 Å². The van der Waals surface area contributed by atoms with Gasteiger partial charge in [0.25, 0.3) is 0 Å². The number of thiophene rings is 1. The molecule has 0 unspecified atom stereocenters. The standard InChI is InChI=1S/C12H6BrClN2S/c13-10-9(7-4-2-1-3-5-7)8-6-15-12(14)16-11(8)17-10/h1-6H. The Bertz CT molecular complexity index is 682. The molecule has 17 heavy (non-hydrogen) atoms. The van der Waals surface area contributed by atoms with E-state index in [1.54, 1.807) is 17.5 Å². The normalized spacial score (nSPS) is 10.9. The van der Waals surface area contributed by atoms with E-state index in [9.17, 15) is 0 Å². The molecule has 3 rings (SSSR count). The van der Waals surface area contributed by atoms with Crippen molar-refractivity contribution in [2.24, 2.45) is 0 Å². The topological polar surface area (TPSA) is 25.8 Å². The minimum absolute atomic E-state index is 0.283. The highest BCUT2D eigenvalue weighted by Crippen LogP contribution is 2.41. The van der Waals surface area contributed by atoms with Gasteiger partial charge >= 0.3 is 0 Å². The molecule has 2 aromatic heterocycles. The van der Waals surface area contributed by atoms with Gasteiger partial charge in [0, 0.05) is 17.1 Å². The van der Waals surface area contributed by atoms with E-state index in [4.69, 9.17) is 11.6 Å². The maximum atomic E-state index is 5.80. The minimum Gasteiger partial charge on any atom is -0.226 e. The molecule has 3 aromatic rings. The second-order valence-electron chi connectivity index (χ2n) is 3.47. The molecule has 2 nitrogen and oxygen atoms in total. The fraction of sp³-hybridized carbons (Fsp3) is 0. The van der Waals surface area contributed by atoms with Crippen LogP contribution in [0.4, 0.5) is 0 Å². The van der Waals surface area contributed by atoms with Crippen molar-refractivity contribution in [2.75, 3.05) is 0 Å². The Balaban J connectivity index is 2.33. The van der Waals surface area contributed by atoms with Crippen LogP contribution in [0, 0.1) is 0 Å². The van der Waals surface area contributed by atoms with Gasteiger partial charge in [-0.15, -0.1) is 11.3 Å². The van der Waals surface area contributed by atoms with Crippen LogP contribution in [0.25, 0.3) is 21.3 Å². The van der Waals surface area contributed by atoms with Gasteiger partial charge in [-0.2, -0.15) is 0 Å². The molecule has 5 heteroatoms. The zero-order chi connectivity index (χ0) is 11.8. The SMILES string of the molecule is Clc1ncc2c(-c3ccccc3)c(Br)sc2n1. The van der Waals surface area contributed by atoms with Crippen LogP contribution in [0.5, 0.6) is 0 Å². The van der Waals surface area contributed by atoms with Crippen LogP contribution in [0.3, 0.4) is 0 Å². The molecule has 0 atom stereocenters. The maximum absolute atomic E-state index is 5.80. The first-order valence-corrected chi connectivity index (χ1v) is 6.90. The lowest BCUT2D eigenvalue weighted by molar-refractivity contribution is 1.23. The van der Waals surface area contributed by atoms with Crippen LogP contribution in [0.15, 0.2) is 40.3 Å². The van der Waals surface area contributed by atoms with E-state index >= 15 is 0 Å². The highest BCUT2D eigenvalue weighted by Gasteiger charge is 2.13. The second-order valence-corrected chi connectivity index (χ2v) is 6.13. The van der Waals surface area contributed by atoms with E-state index in [-0.39, 0.29) is 5.28 Å². The van der Waals surface area contributed by atoms with Crippen molar-refractivity contribution < 1.29 is 0 Å². The van der Waals surface area contributed by atoms with E-state index in [0.29, 0.717) is 0 Å². The van der Waals surface area contributed by atoms with Crippen molar-refractivity contribution in [1.29, 1.82) is 0 Å². The molecular weight excluding hydrogens is 320 g/mol. The van der Waals surface area contributed by atoms with Gasteiger partial charge in [-0.05, 0) is 33.1 Å². The molecule has 0 radical (unpaired) electrons. The van der Waals surface area contributed by atoms with Crippen LogP contribution in [0.2, 0.25) is 5.28 Å². The van der Waals surface area contributed by atoms with Crippen LogP contribution in [0.1, 0.15) is 0 Å². The fourth-order valence-corrected chi connectivity index (χ4v) is 3.69. The molecule has 2 heterocycles. The molecule has 0 aliphatic carbocycles. The molecular formula is C12H6BrClN2S. The van der Waals surface area contributed by atoms with E-state index in [2.05, 4.69) is 38.0 Å². The van der Waals surface area contributed by atoms with Gasteiger partial charge in [0.1, 0.15) is 4.83 Å². The first-order chi connectivity index (χ1) is 8.25. The molecule has 0 bridgehead atoms. The summed E-state index contributed by atoms with van der Waals surface area (Å²) in [6, 6.07) is 10.2. The van der Waals surface area contributed by atoms with Gasteiger partial charge in [-0.3, -0.25) is 0 Å². The Morgan fingerprint density at radius 2 is 1.94 bits per heavy atom. The molecule has 0 spiro atoms. The van der Waals surface area contributed by atoms with Crippen LogP contribution >= 0.6 is 38.9 Å². The highest BCUT2D eigenvalue weighted by molar-refractivity contribution is 9.11. The summed E-state index contributed by atoms with van der Waals surface area (Å²) >= 11 is 10.9. The third-order valence-electron chi connectivity index (χ3n) is 2.44. The molecule has 0 saturated carbocycles. The van der Waals surface area contributed by atoms with Gasteiger partial charge in [0.05, 0.1) is 3.79 Å². The van der Waals surface area contributed by atoms with E-state index in [1.807, 2.05) is 18.2 Å². The molecule has 0 amide bonds. The maximum Gasteiger partial charge on any atom is 0.223 e. The number of halogens is 2. The van der Waals surface area contributed by atoms with Crippen molar-refractivity contribution in [3.05, 3.63) is 45.6 Å². The summed E-state index contributed by atoms with van der Waals surface area (Å²) in [6.45, 7) is 0. The Kier molecular flexibility index (Phi) is 2.86. The van der Waals surface area contributed by atoms with Crippen LogP contribution in [-0.2, 0) is 0 Å². The average molecular weight is 326 g/mol. The summed E-state index contributed by atoms with van der Waals surface area (Å²) in [5.41, 5.74) is 2.28. The minimum atomic E-state index is 0.283. The summed E-state index contributed by atoms with van der Waals surface area (Å²) in [6.07, 6.45) is 1.77. The van der Waals surface area contributed by atoms with Crippen molar-refractivity contribution in [1.82, 2.24) is 9.97 Å². The predicted octanol–water partition coefficient (Wildman–Crippen LogP) is 4.77. The quantitative estimate of drug-likeness (QED) is 0.602. The number of rotatable bonds is 1. The molecule has 0 aliphatic rings. The lowest BCUT2D eigenvalue weighted by Crippen LogP contribution is -1.81. The van der Waals surface area contributed by atoms with Gasteiger partial charge in [0.2, 0.25) is 5.28 Å². The zero-order valence-corrected chi connectivity index (χ0v) is 11.7. The van der Waals surface area contributed by atoms with Gasteiger partial charge in [-0.1, -0.05) is 30.3 Å². The lowest BCUT2D eigenvalue weighted by atomic mass is 10.1. The highest BCUT2D eigenvalue weighted by atomic mass is 79.9. The first kappa shape index (κ1) is 11.1. The van der Waals surface area contributed by atoms with Crippen molar-refractivity contribution in [3.63, 3.8) is 0 Å². The Morgan fingerprint density at radius 3 is 2.71 bits per heavy atom. The summed E-state index contributed by atoms with van der Waals surface area (Å²) in [7, 11) is 0. The molecule has 1 aromatic carbocycles. The molecule has 0 saturated heterocycles. The zero-order valence-electron chi connectivity index (χ0n) is 8.52. The summed E-state index contributed by atoms with van der Waals surface area (Å²) in [4.78, 5) is 9.17. The van der Waals surface area contributed by atoms with E-state index in [0.717, 1.165) is 25.1 Å². The molecule has 0 fully saturated rings. The monoisotopic (exact) mass is 324 g/mol. The van der Waals surface area contributed by atoms with Crippen molar-refractivity contribution >= 4 is 49.1 Å². The largest absolute Gasteiger partial charge is 0.226 e. The Hall–Kier alpha value is -0.970. The summed E-state index contributed by atoms with van der Waals surface area (Å²) < 4.78 is 1.05. The van der Waals surface area contributed by atoms with Crippen LogP contribution < -0.4 is 0 Å². The van der Waals surface area contributed by atoms with Gasteiger partial charge < -0.3 is 0 Å². The number of benzene rings is 1. The van der Waals surface area contributed by atoms with Crippen LogP contribution in [-0.4, -0.2) is 9.97 Å². The van der Waals surface area contributed by atoms with Crippen molar-refractivity contribution in [2.45, 2.75) is 0 Å². The molecule has 84 valence electrons. The van der Waals surface area contributed by atoms with Crippen molar-refractivity contribution in [3.8, 4) is 11.1 Å². The number of hydrogen-bond donors (Lipinski definition) is 0.